The van der Waals surface area contributed by atoms with E-state index in [4.69, 9.17) is 0 Å². The molecule has 0 amide bonds. The van der Waals surface area contributed by atoms with Crippen molar-refractivity contribution in [2.45, 2.75) is 25.7 Å². The lowest BCUT2D eigenvalue weighted by molar-refractivity contribution is 0.103. The molecule has 2 rings (SSSR count). The molecule has 2 aromatic carbocycles. The number of halogens is 1. The van der Waals surface area contributed by atoms with Gasteiger partial charge in [-0.3, -0.25) is 4.79 Å². The van der Waals surface area contributed by atoms with Gasteiger partial charge >= 0.3 is 0 Å². The van der Waals surface area contributed by atoms with E-state index in [1.807, 2.05) is 0 Å². The molecule has 2 aromatic rings. The summed E-state index contributed by atoms with van der Waals surface area (Å²) in [6.45, 7) is 6.12. The molecule has 4 nitrogen and oxygen atoms in total. The Labute approximate surface area is 151 Å². The quantitative estimate of drug-likeness (QED) is 0.676. The minimum absolute atomic E-state index is 0.189. The summed E-state index contributed by atoms with van der Waals surface area (Å²) >= 11 is 3.33. The van der Waals surface area contributed by atoms with Gasteiger partial charge in [0.2, 0.25) is 10.0 Å². The van der Waals surface area contributed by atoms with E-state index in [9.17, 15) is 13.2 Å². The summed E-state index contributed by atoms with van der Waals surface area (Å²) in [4.78, 5) is 12.8. The van der Waals surface area contributed by atoms with Gasteiger partial charge in [-0.2, -0.15) is 4.31 Å². The van der Waals surface area contributed by atoms with Crippen molar-refractivity contribution in [3.05, 3.63) is 63.6 Å². The summed E-state index contributed by atoms with van der Waals surface area (Å²) in [5.41, 5.74) is 1.52. The van der Waals surface area contributed by atoms with Crippen LogP contribution in [0.3, 0.4) is 0 Å². The zero-order valence-corrected chi connectivity index (χ0v) is 16.3. The maximum absolute atomic E-state index is 12.8. The number of nitrogens with zero attached hydrogens (tertiary/aromatic N) is 1. The first kappa shape index (κ1) is 18.8. The second-order valence-electron chi connectivity index (χ2n) is 5.41. The monoisotopic (exact) mass is 409 g/mol. The van der Waals surface area contributed by atoms with Gasteiger partial charge in [0.05, 0.1) is 4.90 Å². The molecule has 0 saturated heterocycles. The standard InChI is InChI=1S/C18H20BrNO3S/c1-4-20(5-2)24(22,23)17-12-15(7-6-13(17)3)18(21)14-8-10-16(19)11-9-14/h6-12H,4-5H2,1-3H3. The predicted molar refractivity (Wildman–Crippen MR) is 98.9 cm³/mol. The summed E-state index contributed by atoms with van der Waals surface area (Å²) in [6, 6.07) is 11.8. The fourth-order valence-electron chi connectivity index (χ4n) is 2.49. The number of ketones is 1. The Bertz CT molecular complexity index is 841. The van der Waals surface area contributed by atoms with Crippen LogP contribution in [-0.4, -0.2) is 31.6 Å². The van der Waals surface area contributed by atoms with Crippen molar-refractivity contribution in [1.29, 1.82) is 0 Å². The van der Waals surface area contributed by atoms with Crippen LogP contribution in [0.2, 0.25) is 0 Å². The number of carbonyl (C=O) groups excluding carboxylic acids is 1. The largest absolute Gasteiger partial charge is 0.289 e. The molecule has 0 N–H and O–H groups in total. The third-order valence-electron chi connectivity index (χ3n) is 3.88. The third-order valence-corrected chi connectivity index (χ3v) is 6.60. The maximum Gasteiger partial charge on any atom is 0.243 e. The van der Waals surface area contributed by atoms with E-state index in [-0.39, 0.29) is 10.7 Å². The average Bonchev–Trinajstić information content (AvgIpc) is 2.56. The number of sulfonamides is 1. The van der Waals surface area contributed by atoms with E-state index in [2.05, 4.69) is 15.9 Å². The molecule has 24 heavy (non-hydrogen) atoms. The van der Waals surface area contributed by atoms with Gasteiger partial charge in [0, 0.05) is 28.7 Å². The van der Waals surface area contributed by atoms with Crippen molar-refractivity contribution in [3.8, 4) is 0 Å². The molecular formula is C18H20BrNO3S. The molecular weight excluding hydrogens is 390 g/mol. The highest BCUT2D eigenvalue weighted by Crippen LogP contribution is 2.23. The third kappa shape index (κ3) is 3.77. The van der Waals surface area contributed by atoms with E-state index >= 15 is 0 Å². The zero-order chi connectivity index (χ0) is 17.9. The molecule has 0 aliphatic heterocycles. The lowest BCUT2D eigenvalue weighted by Gasteiger charge is -2.20. The van der Waals surface area contributed by atoms with Gasteiger partial charge in [-0.15, -0.1) is 0 Å². The van der Waals surface area contributed by atoms with E-state index < -0.39 is 10.0 Å². The molecule has 0 unspecified atom stereocenters. The Balaban J connectivity index is 2.49. The molecule has 0 heterocycles. The van der Waals surface area contributed by atoms with Gasteiger partial charge < -0.3 is 0 Å². The summed E-state index contributed by atoms with van der Waals surface area (Å²) in [5.74, 6) is -0.196. The molecule has 128 valence electrons. The minimum atomic E-state index is -3.60. The Kier molecular flexibility index (Phi) is 5.96. The number of aryl methyl sites for hydroxylation is 1. The van der Waals surface area contributed by atoms with Gasteiger partial charge in [-0.1, -0.05) is 41.9 Å². The normalized spacial score (nSPS) is 11.7. The smallest absolute Gasteiger partial charge is 0.243 e. The summed E-state index contributed by atoms with van der Waals surface area (Å²) in [7, 11) is -3.60. The van der Waals surface area contributed by atoms with Gasteiger partial charge in [-0.05, 0) is 42.8 Å². The van der Waals surface area contributed by atoms with E-state index in [0.717, 1.165) is 4.47 Å². The van der Waals surface area contributed by atoms with Gasteiger partial charge in [0.1, 0.15) is 0 Å². The number of rotatable bonds is 6. The fraction of sp³-hybridized carbons (Fsp3) is 0.278. The van der Waals surface area contributed by atoms with Crippen molar-refractivity contribution >= 4 is 31.7 Å². The van der Waals surface area contributed by atoms with Crippen LogP contribution in [0.4, 0.5) is 0 Å². The Morgan fingerprint density at radius 1 is 1.00 bits per heavy atom. The first-order chi connectivity index (χ1) is 11.3. The van der Waals surface area contributed by atoms with Crippen LogP contribution in [0, 0.1) is 6.92 Å². The van der Waals surface area contributed by atoms with Crippen molar-refractivity contribution in [2.24, 2.45) is 0 Å². The molecule has 0 aromatic heterocycles. The predicted octanol–water partition coefficient (Wildman–Crippen LogP) is 4.02. The van der Waals surface area contributed by atoms with Crippen molar-refractivity contribution in [3.63, 3.8) is 0 Å². The lowest BCUT2D eigenvalue weighted by Crippen LogP contribution is -2.31. The first-order valence-corrected chi connectivity index (χ1v) is 9.95. The maximum atomic E-state index is 12.8. The molecule has 0 aliphatic carbocycles. The molecule has 0 spiro atoms. The number of hydrogen-bond acceptors (Lipinski definition) is 3. The number of hydrogen-bond donors (Lipinski definition) is 0. The van der Waals surface area contributed by atoms with Crippen molar-refractivity contribution in [2.75, 3.05) is 13.1 Å². The molecule has 0 atom stereocenters. The zero-order valence-electron chi connectivity index (χ0n) is 13.9. The molecule has 0 saturated carbocycles. The highest BCUT2D eigenvalue weighted by Gasteiger charge is 2.24. The van der Waals surface area contributed by atoms with Crippen LogP contribution in [0.1, 0.15) is 35.3 Å². The minimum Gasteiger partial charge on any atom is -0.289 e. The second kappa shape index (κ2) is 7.59. The van der Waals surface area contributed by atoms with Crippen LogP contribution < -0.4 is 0 Å². The Morgan fingerprint density at radius 2 is 1.54 bits per heavy atom. The molecule has 0 aliphatic rings. The van der Waals surface area contributed by atoms with E-state index in [1.165, 1.54) is 10.4 Å². The lowest BCUT2D eigenvalue weighted by atomic mass is 10.0. The highest BCUT2D eigenvalue weighted by molar-refractivity contribution is 9.10. The fourth-order valence-corrected chi connectivity index (χ4v) is 4.46. The summed E-state index contributed by atoms with van der Waals surface area (Å²) < 4.78 is 27.8. The van der Waals surface area contributed by atoms with Gasteiger partial charge in [0.15, 0.2) is 5.78 Å². The first-order valence-electron chi connectivity index (χ1n) is 7.72. The van der Waals surface area contributed by atoms with Gasteiger partial charge in [0.25, 0.3) is 0 Å². The second-order valence-corrected chi connectivity index (χ2v) is 8.23. The van der Waals surface area contributed by atoms with Gasteiger partial charge in [-0.25, -0.2) is 8.42 Å². The SMILES string of the molecule is CCN(CC)S(=O)(=O)c1cc(C(=O)c2ccc(Br)cc2)ccc1C. The molecule has 0 bridgehead atoms. The van der Waals surface area contributed by atoms with Crippen molar-refractivity contribution in [1.82, 2.24) is 4.31 Å². The highest BCUT2D eigenvalue weighted by atomic mass is 79.9. The summed E-state index contributed by atoms with van der Waals surface area (Å²) in [5, 5.41) is 0. The van der Waals surface area contributed by atoms with Crippen LogP contribution in [0.25, 0.3) is 0 Å². The molecule has 0 fully saturated rings. The van der Waals surface area contributed by atoms with Crippen molar-refractivity contribution < 1.29 is 13.2 Å². The van der Waals surface area contributed by atoms with Crippen LogP contribution in [-0.2, 0) is 10.0 Å². The summed E-state index contributed by atoms with van der Waals surface area (Å²) in [6.07, 6.45) is 0. The Hall–Kier alpha value is -1.50. The van der Waals surface area contributed by atoms with Crippen LogP contribution in [0.15, 0.2) is 51.8 Å². The van der Waals surface area contributed by atoms with Crippen LogP contribution >= 0.6 is 15.9 Å². The Morgan fingerprint density at radius 3 is 2.08 bits per heavy atom. The number of benzene rings is 2. The average molecular weight is 410 g/mol. The van der Waals surface area contributed by atoms with E-state index in [1.54, 1.807) is 57.2 Å². The topological polar surface area (TPSA) is 54.5 Å². The number of carbonyl (C=O) groups is 1. The van der Waals surface area contributed by atoms with E-state index in [0.29, 0.717) is 29.8 Å². The molecule has 6 heteroatoms. The molecule has 0 radical (unpaired) electrons. The van der Waals surface area contributed by atoms with Crippen LogP contribution in [0.5, 0.6) is 0 Å².